The van der Waals surface area contributed by atoms with E-state index in [9.17, 15) is 14.4 Å². The molecule has 1 aliphatic heterocycles. The predicted octanol–water partition coefficient (Wildman–Crippen LogP) is 2.06. The van der Waals surface area contributed by atoms with Gasteiger partial charge in [0, 0.05) is 37.7 Å². The van der Waals surface area contributed by atoms with E-state index in [1.807, 2.05) is 18.2 Å². The Morgan fingerprint density at radius 1 is 1.14 bits per heavy atom. The Balaban J connectivity index is 0.000000287. The van der Waals surface area contributed by atoms with Crippen molar-refractivity contribution in [3.8, 4) is 0 Å². The summed E-state index contributed by atoms with van der Waals surface area (Å²) in [5.74, 6) is -0.326. The van der Waals surface area contributed by atoms with E-state index in [2.05, 4.69) is 29.8 Å². The van der Waals surface area contributed by atoms with Crippen LogP contribution in [0.2, 0.25) is 0 Å². The fraction of sp³-hybridized carbons (Fsp3) is 0.438. The maximum atomic E-state index is 11.0. The number of carbonyl (C=O) groups is 3. The quantitative estimate of drug-likeness (QED) is 0.743. The summed E-state index contributed by atoms with van der Waals surface area (Å²) in [6, 6.07) is 5.91. The van der Waals surface area contributed by atoms with Crippen molar-refractivity contribution in [1.82, 2.24) is 5.32 Å². The first kappa shape index (κ1) is 17.7. The summed E-state index contributed by atoms with van der Waals surface area (Å²) >= 11 is 0. The van der Waals surface area contributed by atoms with Crippen molar-refractivity contribution >= 4 is 29.1 Å². The lowest BCUT2D eigenvalue weighted by Crippen LogP contribution is -2.18. The third-order valence-corrected chi connectivity index (χ3v) is 3.07. The monoisotopic (exact) mass is 305 g/mol. The highest BCUT2D eigenvalue weighted by Crippen LogP contribution is 2.24. The molecule has 1 heterocycles. The zero-order chi connectivity index (χ0) is 16.5. The fourth-order valence-electron chi connectivity index (χ4n) is 2.14. The molecule has 0 saturated carbocycles. The molecule has 0 aliphatic carbocycles. The molecular formula is C16H23N3O3. The van der Waals surface area contributed by atoms with Crippen molar-refractivity contribution in [2.75, 3.05) is 17.2 Å². The van der Waals surface area contributed by atoms with Crippen LogP contribution < -0.4 is 16.0 Å². The van der Waals surface area contributed by atoms with Gasteiger partial charge in [-0.1, -0.05) is 13.0 Å². The first-order valence-corrected chi connectivity index (χ1v) is 7.43. The Morgan fingerprint density at radius 3 is 2.14 bits per heavy atom. The second kappa shape index (κ2) is 8.81. The summed E-state index contributed by atoms with van der Waals surface area (Å²) in [6.45, 7) is 6.56. The lowest BCUT2D eigenvalue weighted by atomic mass is 10.1. The zero-order valence-electron chi connectivity index (χ0n) is 13.3. The molecule has 1 fully saturated rings. The van der Waals surface area contributed by atoms with Gasteiger partial charge < -0.3 is 10.6 Å². The minimum absolute atomic E-state index is 0.0293. The number of carbonyl (C=O) groups excluding carboxylic acids is 3. The highest BCUT2D eigenvalue weighted by atomic mass is 16.2. The molecule has 2 rings (SSSR count). The number of nitrogens with one attached hydrogen (secondary N) is 3. The largest absolute Gasteiger partial charge is 0.385 e. The zero-order valence-corrected chi connectivity index (χ0v) is 13.3. The number of imide groups is 1. The minimum atomic E-state index is -0.148. The fourth-order valence-corrected chi connectivity index (χ4v) is 2.14. The average Bonchev–Trinajstić information content (AvgIpc) is 2.83. The van der Waals surface area contributed by atoms with Crippen LogP contribution in [0.25, 0.3) is 0 Å². The van der Waals surface area contributed by atoms with Gasteiger partial charge in [-0.2, -0.15) is 0 Å². The molecule has 0 spiro atoms. The molecule has 0 radical (unpaired) electrons. The first-order chi connectivity index (χ1) is 10.5. The van der Waals surface area contributed by atoms with Crippen molar-refractivity contribution in [3.63, 3.8) is 0 Å². The van der Waals surface area contributed by atoms with Gasteiger partial charge in [0.05, 0.1) is 0 Å². The smallest absolute Gasteiger partial charge is 0.227 e. The van der Waals surface area contributed by atoms with Crippen LogP contribution in [0.5, 0.6) is 0 Å². The molecule has 3 N–H and O–H groups in total. The van der Waals surface area contributed by atoms with Gasteiger partial charge in [-0.3, -0.25) is 19.7 Å². The summed E-state index contributed by atoms with van der Waals surface area (Å²) in [7, 11) is 0. The maximum Gasteiger partial charge on any atom is 0.227 e. The van der Waals surface area contributed by atoms with Gasteiger partial charge in [0.1, 0.15) is 0 Å². The topological polar surface area (TPSA) is 87.3 Å². The van der Waals surface area contributed by atoms with Crippen LogP contribution in [-0.2, 0) is 20.8 Å². The lowest BCUT2D eigenvalue weighted by Gasteiger charge is -2.14. The Bertz CT molecular complexity index is 542. The van der Waals surface area contributed by atoms with Crippen molar-refractivity contribution in [3.05, 3.63) is 23.8 Å². The molecule has 120 valence electrons. The molecule has 0 aromatic heterocycles. The molecule has 1 aromatic carbocycles. The van der Waals surface area contributed by atoms with Crippen LogP contribution in [0.15, 0.2) is 18.2 Å². The van der Waals surface area contributed by atoms with Crippen LogP contribution in [0, 0.1) is 0 Å². The number of anilines is 2. The molecular weight excluding hydrogens is 282 g/mol. The van der Waals surface area contributed by atoms with E-state index in [1.54, 1.807) is 0 Å². The Labute approximate surface area is 130 Å². The number of benzene rings is 1. The third kappa shape index (κ3) is 5.55. The Hall–Kier alpha value is -2.37. The molecule has 0 atom stereocenters. The standard InChI is InChI=1S/C12H18N2O.C4H5NO2/c1-4-10-11(13-5-2)7-6-8-12(10)14-9(3)15;6-3-1-2-4(7)5-3/h6-8,13H,4-5H2,1-3H3,(H,14,15);1-2H2,(H,5,6,7). The van der Waals surface area contributed by atoms with Crippen molar-refractivity contribution in [1.29, 1.82) is 0 Å². The van der Waals surface area contributed by atoms with Crippen LogP contribution >= 0.6 is 0 Å². The molecule has 6 nitrogen and oxygen atoms in total. The van der Waals surface area contributed by atoms with Crippen LogP contribution in [0.1, 0.15) is 39.2 Å². The second-order valence-electron chi connectivity index (χ2n) is 4.87. The van der Waals surface area contributed by atoms with Gasteiger partial charge in [0.25, 0.3) is 0 Å². The van der Waals surface area contributed by atoms with Crippen LogP contribution in [0.4, 0.5) is 11.4 Å². The van der Waals surface area contributed by atoms with Crippen LogP contribution in [0.3, 0.4) is 0 Å². The molecule has 1 saturated heterocycles. The van der Waals surface area contributed by atoms with Crippen molar-refractivity contribution in [2.45, 2.75) is 40.0 Å². The van der Waals surface area contributed by atoms with Gasteiger partial charge in [-0.15, -0.1) is 0 Å². The van der Waals surface area contributed by atoms with E-state index in [0.717, 1.165) is 29.9 Å². The molecule has 1 aromatic rings. The SMILES string of the molecule is CCNc1cccc(NC(C)=O)c1CC.O=C1CCC(=O)N1. The number of rotatable bonds is 4. The normalized spacial score (nSPS) is 13.0. The van der Waals surface area contributed by atoms with Gasteiger partial charge in [0.2, 0.25) is 17.7 Å². The van der Waals surface area contributed by atoms with E-state index in [0.29, 0.717) is 12.8 Å². The van der Waals surface area contributed by atoms with E-state index in [-0.39, 0.29) is 17.7 Å². The third-order valence-electron chi connectivity index (χ3n) is 3.07. The van der Waals surface area contributed by atoms with E-state index in [4.69, 9.17) is 0 Å². The molecule has 3 amide bonds. The first-order valence-electron chi connectivity index (χ1n) is 7.43. The van der Waals surface area contributed by atoms with Crippen molar-refractivity contribution in [2.24, 2.45) is 0 Å². The summed E-state index contributed by atoms with van der Waals surface area (Å²) in [5.41, 5.74) is 3.17. The van der Waals surface area contributed by atoms with Gasteiger partial charge >= 0.3 is 0 Å². The van der Waals surface area contributed by atoms with E-state index < -0.39 is 0 Å². The lowest BCUT2D eigenvalue weighted by molar-refractivity contribution is -0.124. The molecule has 1 aliphatic rings. The highest BCUT2D eigenvalue weighted by molar-refractivity contribution is 6.01. The maximum absolute atomic E-state index is 11.0. The minimum Gasteiger partial charge on any atom is -0.385 e. The number of hydrogen-bond acceptors (Lipinski definition) is 4. The highest BCUT2D eigenvalue weighted by Gasteiger charge is 2.15. The molecule has 0 bridgehead atoms. The second-order valence-corrected chi connectivity index (χ2v) is 4.87. The van der Waals surface area contributed by atoms with E-state index >= 15 is 0 Å². The Morgan fingerprint density at radius 2 is 1.73 bits per heavy atom. The summed E-state index contributed by atoms with van der Waals surface area (Å²) in [5, 5.41) is 8.27. The number of hydrogen-bond donors (Lipinski definition) is 3. The summed E-state index contributed by atoms with van der Waals surface area (Å²) in [4.78, 5) is 31.3. The molecule has 0 unspecified atom stereocenters. The number of amides is 3. The average molecular weight is 305 g/mol. The molecule has 22 heavy (non-hydrogen) atoms. The Kier molecular flexibility index (Phi) is 7.08. The van der Waals surface area contributed by atoms with Gasteiger partial charge in [0.15, 0.2) is 0 Å². The van der Waals surface area contributed by atoms with E-state index in [1.165, 1.54) is 6.92 Å². The van der Waals surface area contributed by atoms with Crippen LogP contribution in [-0.4, -0.2) is 24.3 Å². The summed E-state index contributed by atoms with van der Waals surface area (Å²) < 4.78 is 0. The van der Waals surface area contributed by atoms with Gasteiger partial charge in [-0.25, -0.2) is 0 Å². The summed E-state index contributed by atoms with van der Waals surface area (Å²) in [6.07, 6.45) is 1.65. The van der Waals surface area contributed by atoms with Gasteiger partial charge in [-0.05, 0) is 31.0 Å². The van der Waals surface area contributed by atoms with Crippen molar-refractivity contribution < 1.29 is 14.4 Å². The predicted molar refractivity (Wildman–Crippen MR) is 86.7 cm³/mol. The molecule has 6 heteroatoms.